The van der Waals surface area contributed by atoms with Gasteiger partial charge >= 0.3 is 5.97 Å². The van der Waals surface area contributed by atoms with E-state index in [-0.39, 0.29) is 11.9 Å². The molecule has 4 heteroatoms. The van der Waals surface area contributed by atoms with E-state index < -0.39 is 0 Å². The molecule has 150 valence electrons. The number of esters is 1. The van der Waals surface area contributed by atoms with E-state index in [0.29, 0.717) is 24.4 Å². The van der Waals surface area contributed by atoms with Crippen molar-refractivity contribution in [3.8, 4) is 0 Å². The second-order valence-corrected chi connectivity index (χ2v) is 8.92. The van der Waals surface area contributed by atoms with Gasteiger partial charge in [0.2, 0.25) is 0 Å². The molecule has 0 spiro atoms. The van der Waals surface area contributed by atoms with Gasteiger partial charge in [-0.15, -0.1) is 0 Å². The van der Waals surface area contributed by atoms with E-state index in [2.05, 4.69) is 0 Å². The molecule has 0 aromatic rings. The van der Waals surface area contributed by atoms with Crippen molar-refractivity contribution in [3.63, 3.8) is 0 Å². The lowest BCUT2D eigenvalue weighted by Crippen LogP contribution is -2.26. The maximum Gasteiger partial charge on any atom is 0.308 e. The van der Waals surface area contributed by atoms with E-state index in [9.17, 15) is 4.79 Å². The Morgan fingerprint density at radius 1 is 0.577 bits per heavy atom. The Morgan fingerprint density at radius 2 is 1.04 bits per heavy atom. The van der Waals surface area contributed by atoms with E-state index in [0.717, 1.165) is 38.9 Å². The van der Waals surface area contributed by atoms with E-state index >= 15 is 0 Å². The van der Waals surface area contributed by atoms with Crippen molar-refractivity contribution in [2.24, 2.45) is 23.7 Å². The molecule has 0 N–H and O–H groups in total. The van der Waals surface area contributed by atoms with Gasteiger partial charge in [0, 0.05) is 0 Å². The van der Waals surface area contributed by atoms with Crippen LogP contribution in [0.5, 0.6) is 0 Å². The molecule has 0 saturated heterocycles. The summed E-state index contributed by atoms with van der Waals surface area (Å²) in [5, 5.41) is 0. The zero-order valence-corrected chi connectivity index (χ0v) is 16.5. The molecule has 3 saturated carbocycles. The quantitative estimate of drug-likeness (QED) is 0.248. The van der Waals surface area contributed by atoms with Gasteiger partial charge in [-0.3, -0.25) is 4.79 Å². The molecule has 0 aromatic carbocycles. The molecule has 26 heavy (non-hydrogen) atoms. The molecule has 0 bridgehead atoms. The van der Waals surface area contributed by atoms with Crippen molar-refractivity contribution >= 4 is 5.97 Å². The summed E-state index contributed by atoms with van der Waals surface area (Å²) in [7, 11) is 0. The average molecular weight is 367 g/mol. The van der Waals surface area contributed by atoms with Crippen LogP contribution in [0.1, 0.15) is 89.9 Å². The summed E-state index contributed by atoms with van der Waals surface area (Å²) in [4.78, 5) is 23.1. The molecule has 0 aromatic heterocycles. The highest BCUT2D eigenvalue weighted by molar-refractivity contribution is 5.72. The Morgan fingerprint density at radius 3 is 1.62 bits per heavy atom. The van der Waals surface area contributed by atoms with Gasteiger partial charge in [-0.25, -0.2) is 9.78 Å². The molecule has 3 aliphatic carbocycles. The summed E-state index contributed by atoms with van der Waals surface area (Å²) in [6.45, 7) is 2.12. The van der Waals surface area contributed by atoms with Crippen LogP contribution in [0.4, 0.5) is 0 Å². The highest BCUT2D eigenvalue weighted by atomic mass is 17.2. The molecule has 0 radical (unpaired) electrons. The maximum atomic E-state index is 12.2. The minimum absolute atomic E-state index is 0.0614. The van der Waals surface area contributed by atoms with Gasteiger partial charge in [0.1, 0.15) is 0 Å². The predicted octanol–water partition coefficient (Wildman–Crippen LogP) is 5.44. The molecule has 0 aliphatic heterocycles. The molecular formula is C22H38O4. The number of carbonyl (C=O) groups is 1. The van der Waals surface area contributed by atoms with Crippen molar-refractivity contribution < 1.29 is 19.3 Å². The van der Waals surface area contributed by atoms with Crippen LogP contribution in [-0.2, 0) is 19.3 Å². The fraction of sp³-hybridized carbons (Fsp3) is 0.955. The Balaban J connectivity index is 1.21. The van der Waals surface area contributed by atoms with Crippen molar-refractivity contribution in [3.05, 3.63) is 0 Å². The Hall–Kier alpha value is -0.610. The van der Waals surface area contributed by atoms with Crippen LogP contribution in [0.2, 0.25) is 0 Å². The van der Waals surface area contributed by atoms with E-state index in [1.807, 2.05) is 0 Å². The normalized spacial score (nSPS) is 28.8. The van der Waals surface area contributed by atoms with Gasteiger partial charge in [0.05, 0.1) is 25.7 Å². The molecule has 3 rings (SSSR count). The maximum absolute atomic E-state index is 12.2. The minimum atomic E-state index is 0.0614. The zero-order chi connectivity index (χ0) is 18.0. The molecule has 0 amide bonds. The largest absolute Gasteiger partial charge is 0.465 e. The molecule has 4 nitrogen and oxygen atoms in total. The molecule has 0 unspecified atom stereocenters. The van der Waals surface area contributed by atoms with Gasteiger partial charge in [-0.2, -0.15) is 0 Å². The lowest BCUT2D eigenvalue weighted by molar-refractivity contribution is -0.309. The van der Waals surface area contributed by atoms with Gasteiger partial charge in [0.15, 0.2) is 0 Å². The third-order valence-electron chi connectivity index (χ3n) is 6.78. The van der Waals surface area contributed by atoms with Crippen LogP contribution in [0.3, 0.4) is 0 Å². The predicted molar refractivity (Wildman–Crippen MR) is 101 cm³/mol. The minimum Gasteiger partial charge on any atom is -0.465 e. The first-order valence-electron chi connectivity index (χ1n) is 11.2. The smallest absolute Gasteiger partial charge is 0.308 e. The summed E-state index contributed by atoms with van der Waals surface area (Å²) in [6.07, 6.45) is 17.0. The Labute approximate surface area is 159 Å². The first-order chi connectivity index (χ1) is 12.8. The third kappa shape index (κ3) is 6.84. The lowest BCUT2D eigenvalue weighted by atomic mass is 9.83. The molecular weight excluding hydrogens is 328 g/mol. The second-order valence-electron chi connectivity index (χ2n) is 8.92. The molecule has 3 fully saturated rings. The fourth-order valence-electron chi connectivity index (χ4n) is 4.86. The number of carbonyl (C=O) groups excluding carboxylic acids is 1. The van der Waals surface area contributed by atoms with Gasteiger partial charge in [0.25, 0.3) is 0 Å². The molecule has 0 heterocycles. The summed E-state index contributed by atoms with van der Waals surface area (Å²) >= 11 is 0. The third-order valence-corrected chi connectivity index (χ3v) is 6.78. The van der Waals surface area contributed by atoms with Crippen molar-refractivity contribution in [2.75, 3.05) is 19.8 Å². The van der Waals surface area contributed by atoms with Crippen LogP contribution in [-0.4, -0.2) is 25.8 Å². The van der Waals surface area contributed by atoms with E-state index in [1.54, 1.807) is 0 Å². The number of hydrogen-bond acceptors (Lipinski definition) is 4. The molecule has 0 atom stereocenters. The number of ether oxygens (including phenoxy) is 1. The van der Waals surface area contributed by atoms with Crippen molar-refractivity contribution in [1.82, 2.24) is 0 Å². The van der Waals surface area contributed by atoms with Crippen LogP contribution < -0.4 is 0 Å². The summed E-state index contributed by atoms with van der Waals surface area (Å²) in [5.41, 5.74) is 0. The fourth-order valence-corrected chi connectivity index (χ4v) is 4.86. The van der Waals surface area contributed by atoms with Crippen LogP contribution >= 0.6 is 0 Å². The summed E-state index contributed by atoms with van der Waals surface area (Å²) < 4.78 is 5.63. The number of hydrogen-bond donors (Lipinski definition) is 0. The summed E-state index contributed by atoms with van der Waals surface area (Å²) in [6, 6.07) is 0. The van der Waals surface area contributed by atoms with Crippen LogP contribution in [0.15, 0.2) is 0 Å². The van der Waals surface area contributed by atoms with Crippen molar-refractivity contribution in [2.45, 2.75) is 89.9 Å². The Kier molecular flexibility index (Phi) is 8.74. The zero-order valence-electron chi connectivity index (χ0n) is 16.5. The molecule has 3 aliphatic rings. The monoisotopic (exact) mass is 366 g/mol. The Bertz CT molecular complexity index is 391. The lowest BCUT2D eigenvalue weighted by Gasteiger charge is -2.28. The van der Waals surface area contributed by atoms with Gasteiger partial charge in [-0.05, 0) is 69.1 Å². The van der Waals surface area contributed by atoms with Gasteiger partial charge < -0.3 is 4.74 Å². The average Bonchev–Trinajstić information content (AvgIpc) is 2.72. The SMILES string of the molecule is O=C(OCC1CCC(COOCC2CCCCC2)CC1)C1CCCCC1. The van der Waals surface area contributed by atoms with E-state index in [1.165, 1.54) is 64.2 Å². The van der Waals surface area contributed by atoms with E-state index in [4.69, 9.17) is 14.5 Å². The van der Waals surface area contributed by atoms with Crippen LogP contribution in [0, 0.1) is 23.7 Å². The standard InChI is InChI=1S/C22H38O4/c23-22(21-9-5-2-6-10-21)24-15-19-11-13-20(14-12-19)17-26-25-16-18-7-3-1-4-8-18/h18-21H,1-17H2. The topological polar surface area (TPSA) is 44.8 Å². The highest BCUT2D eigenvalue weighted by Gasteiger charge is 2.26. The number of rotatable bonds is 8. The van der Waals surface area contributed by atoms with Crippen molar-refractivity contribution in [1.29, 1.82) is 0 Å². The first kappa shape index (κ1) is 20.1. The highest BCUT2D eigenvalue weighted by Crippen LogP contribution is 2.30. The summed E-state index contributed by atoms with van der Waals surface area (Å²) in [5.74, 6) is 2.09. The second kappa shape index (κ2) is 11.3. The van der Waals surface area contributed by atoms with Gasteiger partial charge in [-0.1, -0.05) is 38.5 Å². The first-order valence-corrected chi connectivity index (χ1v) is 11.2. The van der Waals surface area contributed by atoms with Crippen LogP contribution in [0.25, 0.3) is 0 Å².